The minimum Gasteiger partial charge on any atom is -0.411 e. The number of nitrogens with one attached hydrogen (secondary N) is 2. The molecule has 0 bridgehead atoms. The zero-order chi connectivity index (χ0) is 27.9. The van der Waals surface area contributed by atoms with Gasteiger partial charge in [-0.3, -0.25) is 19.0 Å². The number of carbonyl (C=O) groups excluding carboxylic acids is 1. The van der Waals surface area contributed by atoms with Crippen LogP contribution in [0.3, 0.4) is 0 Å². The zero-order valence-electron chi connectivity index (χ0n) is 24.2. The van der Waals surface area contributed by atoms with Crippen LogP contribution in [0, 0.1) is 7.43 Å². The summed E-state index contributed by atoms with van der Waals surface area (Å²) in [5.41, 5.74) is 3.36. The number of hydrogen-bond donors (Lipinski definition) is 2. The van der Waals surface area contributed by atoms with E-state index in [2.05, 4.69) is 25.3 Å². The van der Waals surface area contributed by atoms with Gasteiger partial charge in [-0.2, -0.15) is 0 Å². The number of amides is 1. The molecule has 230 valence electrons. The Morgan fingerprint density at radius 2 is 1.48 bits per heavy atom. The summed E-state index contributed by atoms with van der Waals surface area (Å²) in [5, 5.41) is 5.16. The third kappa shape index (κ3) is 10.3. The standard InChI is InChI=1S/C10H10N2OS.C9H9N3O.C9H10N2O.2CH4.CH3.2Y/c1-12-9(13)7-5-3-4-6-8(7)11-10(12)14-2;1-10-9-11-7-5-3-2-4-6(7)8(13)12-9;1-11-6-10-8-5-3-2-4-7(8)9(11)12;;;;;/h3-6H,1-2H3;2-5H,1H3,(H2,10,11,12,13);2-5,10H,6H2,1H3;2*1H4;1H3;;/q;;;;;-1;;/p-1. The molecular weight excluding hydrogens is 728 g/mol. The molecule has 0 saturated carbocycles. The number of H-pyrrole nitrogens is 1. The SMILES string of the molecule is C.C.CN1CNc2ccccc2C1=O.CN=c1[n-]c(=O)c2ccccc2[nH]1.CSc1nc2ccccc2c(=O)n1C.[CH3-].[Y].[Y]. The van der Waals surface area contributed by atoms with Crippen molar-refractivity contribution in [3.63, 3.8) is 0 Å². The van der Waals surface area contributed by atoms with Crippen LogP contribution in [0.5, 0.6) is 0 Å². The van der Waals surface area contributed by atoms with Crippen LogP contribution in [0.15, 0.2) is 92.5 Å². The molecule has 2 N–H and O–H groups in total. The normalized spacial score (nSPS) is 11.2. The molecule has 0 fully saturated rings. The van der Waals surface area contributed by atoms with Crippen LogP contribution in [-0.2, 0) is 72.5 Å². The number of benzene rings is 3. The van der Waals surface area contributed by atoms with Gasteiger partial charge in [0, 0.05) is 96.2 Å². The van der Waals surface area contributed by atoms with Gasteiger partial charge in [-0.15, -0.1) is 0 Å². The molecule has 13 heteroatoms. The Morgan fingerprint density at radius 3 is 2.14 bits per heavy atom. The molecule has 0 aliphatic carbocycles. The molecule has 2 aromatic heterocycles. The van der Waals surface area contributed by atoms with Crippen molar-refractivity contribution >= 4 is 45.2 Å². The monoisotopic (exact) mass is 767 g/mol. The maximum absolute atomic E-state index is 11.8. The van der Waals surface area contributed by atoms with Gasteiger partial charge in [0.05, 0.1) is 23.1 Å². The molecule has 1 aliphatic heterocycles. The molecule has 0 atom stereocenters. The average Bonchev–Trinajstić information content (AvgIpc) is 2.97. The summed E-state index contributed by atoms with van der Waals surface area (Å²) in [4.78, 5) is 51.2. The number of fused-ring (bicyclic) bond motifs is 3. The third-order valence-corrected chi connectivity index (χ3v) is 6.69. The molecular formula is C31H39N7O3SY2-2. The van der Waals surface area contributed by atoms with Gasteiger partial charge in [-0.05, 0) is 43.1 Å². The molecule has 2 radical (unpaired) electrons. The van der Waals surface area contributed by atoms with Crippen LogP contribution in [0.2, 0.25) is 0 Å². The van der Waals surface area contributed by atoms with Crippen LogP contribution in [0.1, 0.15) is 25.2 Å². The van der Waals surface area contributed by atoms with E-state index >= 15 is 0 Å². The van der Waals surface area contributed by atoms with E-state index in [4.69, 9.17) is 0 Å². The number of thioether (sulfide) groups is 1. The quantitative estimate of drug-likeness (QED) is 0.146. The summed E-state index contributed by atoms with van der Waals surface area (Å²) in [6, 6.07) is 22.2. The van der Waals surface area contributed by atoms with Gasteiger partial charge in [0.15, 0.2) is 5.16 Å². The van der Waals surface area contributed by atoms with Gasteiger partial charge in [0.2, 0.25) is 5.56 Å². The van der Waals surface area contributed by atoms with Gasteiger partial charge in [-0.1, -0.05) is 75.1 Å². The average molecular weight is 768 g/mol. The number of aromatic nitrogens is 4. The van der Waals surface area contributed by atoms with E-state index in [1.807, 2.05) is 66.9 Å². The predicted octanol–water partition coefficient (Wildman–Crippen LogP) is 4.53. The molecule has 6 rings (SSSR count). The van der Waals surface area contributed by atoms with Gasteiger partial charge >= 0.3 is 0 Å². The Balaban J connectivity index is 0. The van der Waals surface area contributed by atoms with Crippen molar-refractivity contribution in [1.29, 1.82) is 0 Å². The van der Waals surface area contributed by atoms with Crippen molar-refractivity contribution in [1.82, 2.24) is 24.4 Å². The number of nitrogens with zero attached hydrogens (tertiary/aromatic N) is 5. The molecule has 10 nitrogen and oxygen atoms in total. The Bertz CT molecular complexity index is 1840. The smallest absolute Gasteiger partial charge is 0.261 e. The maximum Gasteiger partial charge on any atom is 0.261 e. The first-order chi connectivity index (χ1) is 18.8. The van der Waals surface area contributed by atoms with Crippen molar-refractivity contribution in [2.75, 3.05) is 32.3 Å². The van der Waals surface area contributed by atoms with Crippen LogP contribution in [0.25, 0.3) is 21.8 Å². The second-order valence-electron chi connectivity index (χ2n) is 8.50. The van der Waals surface area contributed by atoms with E-state index in [0.717, 1.165) is 27.4 Å². The van der Waals surface area contributed by atoms with E-state index in [9.17, 15) is 14.4 Å². The molecule has 3 aromatic carbocycles. The van der Waals surface area contributed by atoms with Crippen molar-refractivity contribution in [3.8, 4) is 0 Å². The van der Waals surface area contributed by atoms with E-state index < -0.39 is 0 Å². The number of anilines is 1. The fraction of sp³-hybridized carbons (Fsp3) is 0.226. The van der Waals surface area contributed by atoms with Crippen molar-refractivity contribution in [2.45, 2.75) is 20.0 Å². The van der Waals surface area contributed by atoms with Crippen LogP contribution >= 0.6 is 11.8 Å². The maximum atomic E-state index is 11.8. The molecule has 5 aromatic rings. The summed E-state index contributed by atoms with van der Waals surface area (Å²) in [7, 11) is 5.12. The van der Waals surface area contributed by atoms with Crippen LogP contribution < -0.4 is 27.0 Å². The number of rotatable bonds is 1. The topological polar surface area (TPSA) is 127 Å². The van der Waals surface area contributed by atoms with Gasteiger partial charge in [-0.25, -0.2) is 4.98 Å². The molecule has 44 heavy (non-hydrogen) atoms. The first kappa shape index (κ1) is 43.7. The summed E-state index contributed by atoms with van der Waals surface area (Å²) in [5.74, 6) is 0.0874. The molecule has 0 saturated heterocycles. The molecule has 1 amide bonds. The molecule has 1 aliphatic rings. The van der Waals surface area contributed by atoms with Gasteiger partial charge < -0.3 is 32.6 Å². The number of aromatic amines is 1. The van der Waals surface area contributed by atoms with E-state index in [1.165, 1.54) is 11.8 Å². The van der Waals surface area contributed by atoms with E-state index in [-0.39, 0.29) is 105 Å². The van der Waals surface area contributed by atoms with Gasteiger partial charge in [0.1, 0.15) is 0 Å². The Hall–Kier alpha value is -2.43. The first-order valence-electron chi connectivity index (χ1n) is 12.0. The summed E-state index contributed by atoms with van der Waals surface area (Å²) in [6.07, 6.45) is 1.91. The number of para-hydroxylation sites is 3. The Morgan fingerprint density at radius 1 is 0.886 bits per heavy atom. The third-order valence-electron chi connectivity index (χ3n) is 5.96. The summed E-state index contributed by atoms with van der Waals surface area (Å²) >= 11 is 1.48. The number of hydrogen-bond acceptors (Lipinski definition) is 7. The van der Waals surface area contributed by atoms with Gasteiger partial charge in [0.25, 0.3) is 11.5 Å². The van der Waals surface area contributed by atoms with E-state index in [0.29, 0.717) is 23.1 Å². The zero-order valence-corrected chi connectivity index (χ0v) is 30.7. The van der Waals surface area contributed by atoms with Crippen molar-refractivity contribution < 1.29 is 70.2 Å². The second-order valence-corrected chi connectivity index (χ2v) is 9.27. The Labute approximate surface area is 313 Å². The van der Waals surface area contributed by atoms with E-state index in [1.54, 1.807) is 42.7 Å². The molecule has 0 unspecified atom stereocenters. The fourth-order valence-corrected chi connectivity index (χ4v) is 4.42. The van der Waals surface area contributed by atoms with Crippen molar-refractivity contribution in [2.24, 2.45) is 12.0 Å². The second kappa shape index (κ2) is 20.6. The summed E-state index contributed by atoms with van der Waals surface area (Å²) in [6.45, 7) is 0.593. The predicted molar refractivity (Wildman–Crippen MR) is 175 cm³/mol. The van der Waals surface area contributed by atoms with Crippen LogP contribution in [-0.4, -0.2) is 52.4 Å². The largest absolute Gasteiger partial charge is 0.411 e. The fourth-order valence-electron chi connectivity index (χ4n) is 3.87. The Kier molecular flexibility index (Phi) is 20.4. The number of carbonyl (C=O) groups is 1. The molecule has 3 heterocycles. The summed E-state index contributed by atoms with van der Waals surface area (Å²) < 4.78 is 1.58. The first-order valence-corrected chi connectivity index (χ1v) is 13.2. The van der Waals surface area contributed by atoms with Crippen LogP contribution in [0.4, 0.5) is 5.69 Å². The molecule has 0 spiro atoms. The van der Waals surface area contributed by atoms with Crippen molar-refractivity contribution in [3.05, 3.63) is 112 Å². The minimum atomic E-state index is -0.241. The minimum absolute atomic E-state index is 0.